The van der Waals surface area contributed by atoms with E-state index in [0.717, 1.165) is 32.1 Å². The van der Waals surface area contributed by atoms with Crippen LogP contribution in [0.3, 0.4) is 0 Å². The van der Waals surface area contributed by atoms with Crippen LogP contribution in [0.15, 0.2) is 0 Å². The highest BCUT2D eigenvalue weighted by molar-refractivity contribution is 5.77. The molecule has 0 heterocycles. The standard InChI is InChI=1S/C19H30O5/c1-17-8-6-14-12(13(17)7-9-18(17,2)24)5-4-11(10-15(20)21)19(14,3)16(22)23/h11-14,24H,4-10H2,1-3H3,(H,20,21)(H,22,23)/t11-,12+,13+,14+,17+,18+,19+/m1/s1. The van der Waals surface area contributed by atoms with Crippen molar-refractivity contribution in [1.29, 1.82) is 0 Å². The number of fused-ring (bicyclic) bond motifs is 3. The maximum atomic E-state index is 12.2. The van der Waals surface area contributed by atoms with Gasteiger partial charge >= 0.3 is 11.9 Å². The van der Waals surface area contributed by atoms with Crippen molar-refractivity contribution in [2.45, 2.75) is 71.3 Å². The van der Waals surface area contributed by atoms with Gasteiger partial charge in [0.25, 0.3) is 0 Å². The van der Waals surface area contributed by atoms with E-state index >= 15 is 0 Å². The molecule has 136 valence electrons. The molecule has 7 atom stereocenters. The largest absolute Gasteiger partial charge is 0.481 e. The van der Waals surface area contributed by atoms with Gasteiger partial charge in [0.1, 0.15) is 0 Å². The van der Waals surface area contributed by atoms with Crippen molar-refractivity contribution in [3.8, 4) is 0 Å². The van der Waals surface area contributed by atoms with Crippen LogP contribution >= 0.6 is 0 Å². The Morgan fingerprint density at radius 3 is 2.17 bits per heavy atom. The molecule has 3 aliphatic rings. The zero-order valence-electron chi connectivity index (χ0n) is 14.9. The van der Waals surface area contributed by atoms with E-state index in [4.69, 9.17) is 0 Å². The minimum atomic E-state index is -0.975. The van der Waals surface area contributed by atoms with Gasteiger partial charge < -0.3 is 15.3 Å². The van der Waals surface area contributed by atoms with E-state index in [9.17, 15) is 24.9 Å². The van der Waals surface area contributed by atoms with Crippen molar-refractivity contribution in [2.75, 3.05) is 0 Å². The number of carbonyl (C=O) groups is 2. The van der Waals surface area contributed by atoms with Crippen molar-refractivity contribution in [2.24, 2.45) is 34.5 Å². The Bertz CT molecular complexity index is 556. The quantitative estimate of drug-likeness (QED) is 0.735. The predicted molar refractivity (Wildman–Crippen MR) is 88.4 cm³/mol. The summed E-state index contributed by atoms with van der Waals surface area (Å²) in [4.78, 5) is 23.4. The molecule has 3 aliphatic carbocycles. The lowest BCUT2D eigenvalue weighted by molar-refractivity contribution is -0.178. The lowest BCUT2D eigenvalue weighted by atomic mass is 9.46. The zero-order chi connectivity index (χ0) is 17.9. The molecule has 3 fully saturated rings. The molecule has 0 unspecified atom stereocenters. The summed E-state index contributed by atoms with van der Waals surface area (Å²) in [6, 6.07) is 0. The van der Waals surface area contributed by atoms with Crippen molar-refractivity contribution >= 4 is 11.9 Å². The molecule has 0 spiro atoms. The lowest BCUT2D eigenvalue weighted by Crippen LogP contribution is -2.57. The molecule has 0 aromatic carbocycles. The summed E-state index contributed by atoms with van der Waals surface area (Å²) in [6.07, 6.45) is 4.81. The molecule has 0 bridgehead atoms. The van der Waals surface area contributed by atoms with Crippen molar-refractivity contribution < 1.29 is 24.9 Å². The Morgan fingerprint density at radius 1 is 0.958 bits per heavy atom. The van der Waals surface area contributed by atoms with Crippen molar-refractivity contribution in [3.63, 3.8) is 0 Å². The summed E-state index contributed by atoms with van der Waals surface area (Å²) < 4.78 is 0. The average molecular weight is 338 g/mol. The Hall–Kier alpha value is -1.10. The van der Waals surface area contributed by atoms with Gasteiger partial charge in [-0.1, -0.05) is 6.92 Å². The molecule has 0 amide bonds. The third-order valence-electron chi connectivity index (χ3n) is 8.35. The fourth-order valence-corrected chi connectivity index (χ4v) is 6.53. The maximum Gasteiger partial charge on any atom is 0.309 e. The second-order valence-electron chi connectivity index (χ2n) is 9.11. The Morgan fingerprint density at radius 2 is 1.58 bits per heavy atom. The first-order valence-corrected chi connectivity index (χ1v) is 9.21. The molecular formula is C19H30O5. The third-order valence-corrected chi connectivity index (χ3v) is 8.35. The van der Waals surface area contributed by atoms with Crippen molar-refractivity contribution in [3.05, 3.63) is 0 Å². The van der Waals surface area contributed by atoms with Crippen LogP contribution in [0, 0.1) is 34.5 Å². The van der Waals surface area contributed by atoms with Crippen LogP contribution in [0.2, 0.25) is 0 Å². The molecule has 0 aliphatic heterocycles. The fourth-order valence-electron chi connectivity index (χ4n) is 6.53. The van der Waals surface area contributed by atoms with Gasteiger partial charge in [-0.15, -0.1) is 0 Å². The maximum absolute atomic E-state index is 12.2. The summed E-state index contributed by atoms with van der Waals surface area (Å²) in [5, 5.41) is 30.0. The van der Waals surface area contributed by atoms with Gasteiger partial charge in [-0.25, -0.2) is 0 Å². The Labute approximate surface area is 143 Å². The van der Waals surface area contributed by atoms with Crippen LogP contribution in [-0.4, -0.2) is 32.9 Å². The average Bonchev–Trinajstić information content (AvgIpc) is 2.72. The van der Waals surface area contributed by atoms with Crippen LogP contribution in [0.4, 0.5) is 0 Å². The predicted octanol–water partition coefficient (Wildman–Crippen LogP) is 3.16. The summed E-state index contributed by atoms with van der Waals surface area (Å²) in [5.41, 5.74) is -1.80. The number of carboxylic acids is 2. The third kappa shape index (κ3) is 2.23. The molecule has 0 saturated heterocycles. The topological polar surface area (TPSA) is 94.8 Å². The number of rotatable bonds is 3. The van der Waals surface area contributed by atoms with Crippen LogP contribution in [0.5, 0.6) is 0 Å². The van der Waals surface area contributed by atoms with E-state index in [0.29, 0.717) is 12.3 Å². The summed E-state index contributed by atoms with van der Waals surface area (Å²) in [6.45, 7) is 5.87. The lowest BCUT2D eigenvalue weighted by Gasteiger charge is -2.58. The zero-order valence-corrected chi connectivity index (χ0v) is 14.9. The van der Waals surface area contributed by atoms with E-state index in [1.165, 1.54) is 0 Å². The van der Waals surface area contributed by atoms with E-state index in [1.54, 1.807) is 6.92 Å². The van der Waals surface area contributed by atoms with Gasteiger partial charge in [0.2, 0.25) is 0 Å². The van der Waals surface area contributed by atoms with Gasteiger partial charge in [0, 0.05) is 6.42 Å². The highest BCUT2D eigenvalue weighted by atomic mass is 16.4. The minimum Gasteiger partial charge on any atom is -0.481 e. The highest BCUT2D eigenvalue weighted by Crippen LogP contribution is 2.66. The van der Waals surface area contributed by atoms with Crippen molar-refractivity contribution in [1.82, 2.24) is 0 Å². The van der Waals surface area contributed by atoms with E-state index < -0.39 is 23.0 Å². The Kier molecular flexibility index (Phi) is 4.02. The van der Waals surface area contributed by atoms with E-state index in [-0.39, 0.29) is 29.6 Å². The van der Waals surface area contributed by atoms with Gasteiger partial charge in [-0.05, 0) is 81.5 Å². The number of hydrogen-bond acceptors (Lipinski definition) is 3. The number of aliphatic carboxylic acids is 2. The Balaban J connectivity index is 1.95. The highest BCUT2D eigenvalue weighted by Gasteiger charge is 2.64. The van der Waals surface area contributed by atoms with Crippen LogP contribution in [0.1, 0.15) is 65.7 Å². The molecule has 5 heteroatoms. The van der Waals surface area contributed by atoms with Crippen LogP contribution < -0.4 is 0 Å². The van der Waals surface area contributed by atoms with Gasteiger partial charge in [0.05, 0.1) is 11.0 Å². The smallest absolute Gasteiger partial charge is 0.309 e. The normalized spacial score (nSPS) is 50.8. The fraction of sp³-hybridized carbons (Fsp3) is 0.895. The molecule has 3 rings (SSSR count). The molecule has 24 heavy (non-hydrogen) atoms. The van der Waals surface area contributed by atoms with Crippen LogP contribution in [-0.2, 0) is 9.59 Å². The van der Waals surface area contributed by atoms with E-state index in [1.807, 2.05) is 6.92 Å². The first-order valence-electron chi connectivity index (χ1n) is 9.21. The van der Waals surface area contributed by atoms with Gasteiger partial charge in [-0.2, -0.15) is 0 Å². The first-order chi connectivity index (χ1) is 11.0. The summed E-state index contributed by atoms with van der Waals surface area (Å²) in [7, 11) is 0. The molecule has 0 aromatic heterocycles. The molecule has 0 aromatic rings. The number of aliphatic hydroxyl groups is 1. The first kappa shape index (κ1) is 17.7. The minimum absolute atomic E-state index is 0.0140. The molecule has 3 N–H and O–H groups in total. The summed E-state index contributed by atoms with van der Waals surface area (Å²) >= 11 is 0. The second kappa shape index (κ2) is 5.45. The summed E-state index contributed by atoms with van der Waals surface area (Å²) in [5.74, 6) is -1.42. The van der Waals surface area contributed by atoms with Gasteiger partial charge in [0.15, 0.2) is 0 Å². The number of carboxylic acid groups (broad SMARTS) is 2. The molecule has 3 saturated carbocycles. The van der Waals surface area contributed by atoms with E-state index in [2.05, 4.69) is 6.92 Å². The van der Waals surface area contributed by atoms with Gasteiger partial charge in [-0.3, -0.25) is 9.59 Å². The monoisotopic (exact) mass is 338 g/mol. The second-order valence-corrected chi connectivity index (χ2v) is 9.11. The molecular weight excluding hydrogens is 308 g/mol. The molecule has 0 radical (unpaired) electrons. The molecule has 5 nitrogen and oxygen atoms in total. The van der Waals surface area contributed by atoms with Crippen LogP contribution in [0.25, 0.3) is 0 Å². The SMILES string of the molecule is C[C@]1(C(=O)O)[C@@H](CC(=O)O)CC[C@@H]2[C@@H]1CC[C@@]1(C)[C@H]2CC[C@]1(C)O. The number of hydrogen-bond donors (Lipinski definition) is 3.